The maximum atomic E-state index is 12.6. The molecule has 0 aromatic heterocycles. The maximum absolute atomic E-state index is 12.6. The topological polar surface area (TPSA) is 87.7 Å². The number of hydrazine groups is 1. The molecule has 1 aromatic carbocycles. The molecule has 1 heterocycles. The summed E-state index contributed by atoms with van der Waals surface area (Å²) in [6, 6.07) is 5.96. The average Bonchev–Trinajstić information content (AvgIpc) is 2.80. The Hall–Kier alpha value is -2.57. The van der Waals surface area contributed by atoms with Crippen molar-refractivity contribution >= 4 is 17.8 Å². The molecule has 0 atom stereocenters. The van der Waals surface area contributed by atoms with Crippen molar-refractivity contribution in [1.29, 1.82) is 0 Å². The zero-order valence-electron chi connectivity index (χ0n) is 13.6. The van der Waals surface area contributed by atoms with Gasteiger partial charge in [0.1, 0.15) is 11.3 Å². The molecule has 7 heteroatoms. The van der Waals surface area contributed by atoms with Crippen LogP contribution in [0.4, 0.5) is 4.79 Å². The minimum absolute atomic E-state index is 0.351. The van der Waals surface area contributed by atoms with Crippen molar-refractivity contribution in [2.45, 2.75) is 44.6 Å². The number of carbonyl (C=O) groups excluding carboxylic acids is 3. The number of carbonyl (C=O) groups is 3. The fourth-order valence-corrected chi connectivity index (χ4v) is 3.25. The first-order chi connectivity index (χ1) is 11.6. The molecule has 1 spiro atoms. The Kier molecular flexibility index (Phi) is 4.42. The molecule has 2 N–H and O–H groups in total. The Morgan fingerprint density at radius 3 is 2.50 bits per heavy atom. The summed E-state index contributed by atoms with van der Waals surface area (Å²) in [4.78, 5) is 37.0. The lowest BCUT2D eigenvalue weighted by molar-refractivity contribution is -0.134. The van der Waals surface area contributed by atoms with Gasteiger partial charge in [-0.2, -0.15) is 5.01 Å². The van der Waals surface area contributed by atoms with Crippen LogP contribution < -0.4 is 15.5 Å². The maximum Gasteiger partial charge on any atom is 0.344 e. The fourth-order valence-electron chi connectivity index (χ4n) is 3.25. The predicted octanol–water partition coefficient (Wildman–Crippen LogP) is 1.98. The van der Waals surface area contributed by atoms with Crippen LogP contribution >= 0.6 is 0 Å². The van der Waals surface area contributed by atoms with E-state index in [0.717, 1.165) is 24.3 Å². The van der Waals surface area contributed by atoms with Gasteiger partial charge in [0, 0.05) is 5.56 Å². The van der Waals surface area contributed by atoms with Crippen LogP contribution in [0.2, 0.25) is 0 Å². The molecule has 1 saturated heterocycles. The van der Waals surface area contributed by atoms with Crippen LogP contribution in [0.25, 0.3) is 0 Å². The van der Waals surface area contributed by atoms with E-state index in [4.69, 9.17) is 4.74 Å². The Labute approximate surface area is 140 Å². The van der Waals surface area contributed by atoms with Crippen LogP contribution in [0.3, 0.4) is 0 Å². The molecule has 0 bridgehead atoms. The largest absolute Gasteiger partial charge is 0.494 e. The number of benzene rings is 1. The first kappa shape index (κ1) is 16.3. The van der Waals surface area contributed by atoms with Gasteiger partial charge >= 0.3 is 6.03 Å². The Morgan fingerprint density at radius 2 is 1.88 bits per heavy atom. The van der Waals surface area contributed by atoms with E-state index in [1.807, 2.05) is 6.92 Å². The van der Waals surface area contributed by atoms with Gasteiger partial charge in [-0.05, 0) is 44.0 Å². The van der Waals surface area contributed by atoms with Gasteiger partial charge in [-0.1, -0.05) is 19.3 Å². The third kappa shape index (κ3) is 2.93. The Morgan fingerprint density at radius 1 is 1.21 bits per heavy atom. The van der Waals surface area contributed by atoms with Gasteiger partial charge in [-0.15, -0.1) is 0 Å². The van der Waals surface area contributed by atoms with Crippen LogP contribution in [0.5, 0.6) is 5.75 Å². The van der Waals surface area contributed by atoms with Crippen molar-refractivity contribution < 1.29 is 19.1 Å². The van der Waals surface area contributed by atoms with Crippen LogP contribution in [0, 0.1) is 0 Å². The van der Waals surface area contributed by atoms with Crippen LogP contribution in [0.1, 0.15) is 49.4 Å². The first-order valence-corrected chi connectivity index (χ1v) is 8.26. The predicted molar refractivity (Wildman–Crippen MR) is 86.3 cm³/mol. The van der Waals surface area contributed by atoms with Gasteiger partial charge in [-0.3, -0.25) is 15.0 Å². The van der Waals surface area contributed by atoms with Gasteiger partial charge < -0.3 is 10.1 Å². The highest BCUT2D eigenvalue weighted by molar-refractivity contribution is 6.09. The second-order valence-electron chi connectivity index (χ2n) is 6.11. The molecule has 2 aliphatic rings. The van der Waals surface area contributed by atoms with Crippen LogP contribution in [-0.4, -0.2) is 35.0 Å². The molecule has 2 fully saturated rings. The number of rotatable bonds is 4. The minimum Gasteiger partial charge on any atom is -0.494 e. The monoisotopic (exact) mass is 331 g/mol. The van der Waals surface area contributed by atoms with E-state index in [2.05, 4.69) is 10.7 Å². The summed E-state index contributed by atoms with van der Waals surface area (Å²) in [5.41, 5.74) is 1.91. The number of imide groups is 1. The van der Waals surface area contributed by atoms with Gasteiger partial charge in [0.15, 0.2) is 0 Å². The van der Waals surface area contributed by atoms with E-state index in [1.54, 1.807) is 24.3 Å². The van der Waals surface area contributed by atoms with E-state index >= 15 is 0 Å². The molecule has 7 nitrogen and oxygen atoms in total. The lowest BCUT2D eigenvalue weighted by Gasteiger charge is -2.30. The van der Waals surface area contributed by atoms with Crippen LogP contribution in [-0.2, 0) is 4.79 Å². The molecule has 3 rings (SSSR count). The SMILES string of the molecule is CCOc1ccc(C(=O)NN2C(=O)NC3(CCCCC3)C2=O)cc1. The number of hydrogen-bond donors (Lipinski definition) is 2. The molecule has 1 aliphatic carbocycles. The first-order valence-electron chi connectivity index (χ1n) is 8.26. The quantitative estimate of drug-likeness (QED) is 0.826. The minimum atomic E-state index is -0.846. The molecule has 0 unspecified atom stereocenters. The lowest BCUT2D eigenvalue weighted by Crippen LogP contribution is -2.50. The van der Waals surface area contributed by atoms with Crippen molar-refractivity contribution in [2.24, 2.45) is 0 Å². The summed E-state index contributed by atoms with van der Waals surface area (Å²) in [6.45, 7) is 2.41. The smallest absolute Gasteiger partial charge is 0.344 e. The summed E-state index contributed by atoms with van der Waals surface area (Å²) >= 11 is 0. The van der Waals surface area contributed by atoms with Crippen molar-refractivity contribution in [3.63, 3.8) is 0 Å². The molecular weight excluding hydrogens is 310 g/mol. The molecule has 1 aliphatic heterocycles. The highest BCUT2D eigenvalue weighted by atomic mass is 16.5. The normalized spacial score (nSPS) is 19.3. The van der Waals surface area contributed by atoms with E-state index in [-0.39, 0.29) is 5.91 Å². The zero-order chi connectivity index (χ0) is 17.2. The number of nitrogens with one attached hydrogen (secondary N) is 2. The standard InChI is InChI=1S/C17H21N3O4/c1-2-24-13-8-6-12(7-9-13)14(21)19-20-15(22)17(18-16(20)23)10-4-3-5-11-17/h6-9H,2-5,10-11H2,1H3,(H,18,23)(H,19,21). The number of amides is 4. The van der Waals surface area contributed by atoms with Crippen molar-refractivity contribution in [3.05, 3.63) is 29.8 Å². The van der Waals surface area contributed by atoms with E-state index in [0.29, 0.717) is 30.8 Å². The molecule has 0 radical (unpaired) electrons. The second kappa shape index (κ2) is 6.51. The highest BCUT2D eigenvalue weighted by Gasteiger charge is 2.52. The molecule has 24 heavy (non-hydrogen) atoms. The fraction of sp³-hybridized carbons (Fsp3) is 0.471. The number of hydrogen-bond acceptors (Lipinski definition) is 4. The number of urea groups is 1. The van der Waals surface area contributed by atoms with Gasteiger partial charge in [-0.25, -0.2) is 4.79 Å². The lowest BCUT2D eigenvalue weighted by atomic mass is 9.82. The van der Waals surface area contributed by atoms with Gasteiger partial charge in [0.25, 0.3) is 11.8 Å². The summed E-state index contributed by atoms with van der Waals surface area (Å²) in [5.74, 6) is -0.217. The number of ether oxygens (including phenoxy) is 1. The summed E-state index contributed by atoms with van der Waals surface area (Å²) in [5, 5.41) is 3.56. The molecule has 4 amide bonds. The summed E-state index contributed by atoms with van der Waals surface area (Å²) in [6.07, 6.45) is 4.09. The Balaban J connectivity index is 1.69. The van der Waals surface area contributed by atoms with Crippen molar-refractivity contribution in [3.8, 4) is 5.75 Å². The third-order valence-corrected chi connectivity index (χ3v) is 4.51. The average molecular weight is 331 g/mol. The van der Waals surface area contributed by atoms with E-state index in [1.165, 1.54) is 0 Å². The van der Waals surface area contributed by atoms with E-state index in [9.17, 15) is 14.4 Å². The van der Waals surface area contributed by atoms with Crippen molar-refractivity contribution in [1.82, 2.24) is 15.8 Å². The van der Waals surface area contributed by atoms with Crippen molar-refractivity contribution in [2.75, 3.05) is 6.61 Å². The Bertz CT molecular complexity index is 650. The van der Waals surface area contributed by atoms with E-state index < -0.39 is 17.5 Å². The summed E-state index contributed by atoms with van der Waals surface area (Å²) < 4.78 is 5.32. The highest BCUT2D eigenvalue weighted by Crippen LogP contribution is 2.33. The number of nitrogens with zero attached hydrogens (tertiary/aromatic N) is 1. The summed E-state index contributed by atoms with van der Waals surface area (Å²) in [7, 11) is 0. The third-order valence-electron chi connectivity index (χ3n) is 4.51. The van der Waals surface area contributed by atoms with Crippen LogP contribution in [0.15, 0.2) is 24.3 Å². The molecule has 128 valence electrons. The van der Waals surface area contributed by atoms with Gasteiger partial charge in [0.2, 0.25) is 0 Å². The molecule has 1 aromatic rings. The van der Waals surface area contributed by atoms with Gasteiger partial charge in [0.05, 0.1) is 6.61 Å². The second-order valence-corrected chi connectivity index (χ2v) is 6.11. The molecular formula is C17H21N3O4. The molecule has 1 saturated carbocycles. The zero-order valence-corrected chi connectivity index (χ0v) is 13.6.